The largest absolute Gasteiger partial charge is 0.409 e. The van der Waals surface area contributed by atoms with E-state index in [1.54, 1.807) is 35.2 Å². The molecule has 1 saturated heterocycles. The monoisotopic (exact) mass is 457 g/mol. The van der Waals surface area contributed by atoms with Gasteiger partial charge >= 0.3 is 0 Å². The van der Waals surface area contributed by atoms with Gasteiger partial charge in [-0.15, -0.1) is 0 Å². The number of anilines is 3. The van der Waals surface area contributed by atoms with Crippen LogP contribution in [0.4, 0.5) is 17.1 Å². The summed E-state index contributed by atoms with van der Waals surface area (Å²) in [4.78, 5) is 27.3. The Hall–Kier alpha value is -4.33. The Morgan fingerprint density at radius 3 is 2.44 bits per heavy atom. The average Bonchev–Trinajstić information content (AvgIpc) is 2.88. The Morgan fingerprint density at radius 2 is 1.74 bits per heavy atom. The minimum atomic E-state index is -0.688. The molecule has 8 nitrogen and oxygen atoms in total. The van der Waals surface area contributed by atoms with Gasteiger partial charge in [0.2, 0.25) is 5.91 Å². The van der Waals surface area contributed by atoms with Crippen LogP contribution in [0.15, 0.2) is 84.0 Å². The molecule has 0 spiro atoms. The summed E-state index contributed by atoms with van der Waals surface area (Å²) in [7, 11) is 0. The first-order valence-electron chi connectivity index (χ1n) is 11.2. The zero-order valence-electron chi connectivity index (χ0n) is 18.6. The molecular weight excluding hydrogens is 430 g/mol. The molecule has 1 aliphatic heterocycles. The van der Waals surface area contributed by atoms with Crippen LogP contribution in [0, 0.1) is 0 Å². The fraction of sp³-hybridized carbons (Fsp3) is 0.192. The number of benzene rings is 3. The molecule has 1 fully saturated rings. The summed E-state index contributed by atoms with van der Waals surface area (Å²) in [6, 6.07) is 23.0. The van der Waals surface area contributed by atoms with Crippen LogP contribution in [0.5, 0.6) is 0 Å². The predicted molar refractivity (Wildman–Crippen MR) is 133 cm³/mol. The van der Waals surface area contributed by atoms with E-state index in [9.17, 15) is 9.59 Å². The number of hydrogen-bond acceptors (Lipinski definition) is 5. The zero-order valence-corrected chi connectivity index (χ0v) is 18.6. The van der Waals surface area contributed by atoms with Gasteiger partial charge in [0.05, 0.1) is 0 Å². The third kappa shape index (κ3) is 5.35. The minimum Gasteiger partial charge on any atom is -0.409 e. The third-order valence-electron chi connectivity index (χ3n) is 5.74. The van der Waals surface area contributed by atoms with Crippen molar-refractivity contribution in [3.63, 3.8) is 0 Å². The number of carbonyl (C=O) groups is 2. The third-order valence-corrected chi connectivity index (χ3v) is 5.74. The molecule has 3 aromatic rings. The normalized spacial score (nSPS) is 15.0. The van der Waals surface area contributed by atoms with Gasteiger partial charge in [-0.3, -0.25) is 9.59 Å². The van der Waals surface area contributed by atoms with E-state index in [0.29, 0.717) is 23.4 Å². The van der Waals surface area contributed by atoms with Crippen molar-refractivity contribution in [2.24, 2.45) is 10.9 Å². The molecule has 34 heavy (non-hydrogen) atoms. The lowest BCUT2D eigenvalue weighted by Gasteiger charge is -2.27. The highest BCUT2D eigenvalue weighted by atomic mass is 16.4. The number of piperidine rings is 1. The van der Waals surface area contributed by atoms with Crippen LogP contribution < -0.4 is 21.3 Å². The topological polar surface area (TPSA) is 120 Å². The number of carbonyl (C=O) groups excluding carboxylic acids is 2. The predicted octanol–water partition coefficient (Wildman–Crippen LogP) is 4.09. The molecule has 1 unspecified atom stereocenters. The van der Waals surface area contributed by atoms with E-state index >= 15 is 0 Å². The summed E-state index contributed by atoms with van der Waals surface area (Å²) >= 11 is 0. The Kier molecular flexibility index (Phi) is 7.07. The van der Waals surface area contributed by atoms with Crippen LogP contribution in [0.3, 0.4) is 0 Å². The van der Waals surface area contributed by atoms with Gasteiger partial charge in [-0.2, -0.15) is 0 Å². The summed E-state index contributed by atoms with van der Waals surface area (Å²) in [5.74, 6) is -0.135. The molecule has 0 aromatic heterocycles. The molecule has 1 heterocycles. The maximum absolute atomic E-state index is 13.3. The molecule has 1 aliphatic rings. The first kappa shape index (κ1) is 22.8. The lowest BCUT2D eigenvalue weighted by atomic mass is 10.0. The molecule has 5 N–H and O–H groups in total. The number of rotatable bonds is 7. The van der Waals surface area contributed by atoms with Gasteiger partial charge < -0.3 is 26.5 Å². The highest BCUT2D eigenvalue weighted by Crippen LogP contribution is 2.25. The standard InChI is InChI=1S/C26H27N5O3/c27-25(30-34)19-9-6-10-21(17-19)28-24(18-7-2-1-3-8-18)26(33)29-20-12-14-22(15-13-20)31-16-5-4-11-23(31)32/h1-3,6-10,12-15,17,24,28,34H,4-5,11,16H2,(H2,27,30)(H,29,33). The Bertz CT molecular complexity index is 1180. The summed E-state index contributed by atoms with van der Waals surface area (Å²) in [5, 5.41) is 18.2. The maximum atomic E-state index is 13.3. The van der Waals surface area contributed by atoms with Crippen molar-refractivity contribution >= 4 is 34.7 Å². The molecule has 0 bridgehead atoms. The van der Waals surface area contributed by atoms with Crippen molar-refractivity contribution in [2.45, 2.75) is 25.3 Å². The SMILES string of the molecule is NC(=NO)c1cccc(NC(C(=O)Nc2ccc(N3CCCCC3=O)cc2)c2ccccc2)c1. The van der Waals surface area contributed by atoms with Crippen LogP contribution in [-0.2, 0) is 9.59 Å². The van der Waals surface area contributed by atoms with E-state index in [1.165, 1.54) is 0 Å². The van der Waals surface area contributed by atoms with Crippen LogP contribution in [0.25, 0.3) is 0 Å². The Labute approximate surface area is 198 Å². The maximum Gasteiger partial charge on any atom is 0.251 e. The van der Waals surface area contributed by atoms with Gasteiger partial charge in [0.15, 0.2) is 5.84 Å². The van der Waals surface area contributed by atoms with E-state index in [0.717, 1.165) is 30.6 Å². The summed E-state index contributed by atoms with van der Waals surface area (Å²) in [6.45, 7) is 0.717. The molecule has 3 aromatic carbocycles. The lowest BCUT2D eigenvalue weighted by Crippen LogP contribution is -2.35. The fourth-order valence-electron chi connectivity index (χ4n) is 3.96. The lowest BCUT2D eigenvalue weighted by molar-refractivity contribution is -0.119. The van der Waals surface area contributed by atoms with E-state index < -0.39 is 6.04 Å². The van der Waals surface area contributed by atoms with Crippen molar-refractivity contribution in [2.75, 3.05) is 22.1 Å². The van der Waals surface area contributed by atoms with Gasteiger partial charge in [0.25, 0.3) is 5.91 Å². The minimum absolute atomic E-state index is 0.0170. The molecule has 2 amide bonds. The number of nitrogens with one attached hydrogen (secondary N) is 2. The summed E-state index contributed by atoms with van der Waals surface area (Å²) in [6.07, 6.45) is 2.49. The molecule has 174 valence electrons. The Balaban J connectivity index is 1.53. The summed E-state index contributed by atoms with van der Waals surface area (Å²) < 4.78 is 0. The van der Waals surface area contributed by atoms with Gasteiger partial charge in [-0.1, -0.05) is 47.6 Å². The molecule has 1 atom stereocenters. The van der Waals surface area contributed by atoms with Gasteiger partial charge in [0, 0.05) is 35.6 Å². The number of amides is 2. The van der Waals surface area contributed by atoms with Gasteiger partial charge in [0.1, 0.15) is 6.04 Å². The van der Waals surface area contributed by atoms with Crippen LogP contribution >= 0.6 is 0 Å². The molecular formula is C26H27N5O3. The van der Waals surface area contributed by atoms with E-state index in [-0.39, 0.29) is 17.6 Å². The number of hydrogen-bond donors (Lipinski definition) is 4. The Morgan fingerprint density at radius 1 is 0.971 bits per heavy atom. The van der Waals surface area contributed by atoms with E-state index in [4.69, 9.17) is 10.9 Å². The molecule has 4 rings (SSSR count). The number of amidine groups is 1. The average molecular weight is 458 g/mol. The number of nitrogens with zero attached hydrogens (tertiary/aromatic N) is 2. The van der Waals surface area contributed by atoms with E-state index in [2.05, 4.69) is 15.8 Å². The number of nitrogens with two attached hydrogens (primary N) is 1. The quantitative estimate of drug-likeness (QED) is 0.184. The molecule has 0 radical (unpaired) electrons. The zero-order chi connectivity index (χ0) is 23.9. The number of oxime groups is 1. The molecule has 0 saturated carbocycles. The van der Waals surface area contributed by atoms with Crippen LogP contribution in [0.2, 0.25) is 0 Å². The second-order valence-corrected chi connectivity index (χ2v) is 8.09. The smallest absolute Gasteiger partial charge is 0.251 e. The van der Waals surface area contributed by atoms with Crippen molar-refractivity contribution < 1.29 is 14.8 Å². The van der Waals surface area contributed by atoms with Crippen LogP contribution in [0.1, 0.15) is 36.4 Å². The molecule has 0 aliphatic carbocycles. The van der Waals surface area contributed by atoms with Crippen molar-refractivity contribution in [1.29, 1.82) is 0 Å². The van der Waals surface area contributed by atoms with Crippen molar-refractivity contribution in [3.8, 4) is 0 Å². The second-order valence-electron chi connectivity index (χ2n) is 8.09. The first-order chi connectivity index (χ1) is 16.5. The molecule has 8 heteroatoms. The van der Waals surface area contributed by atoms with E-state index in [1.807, 2.05) is 48.5 Å². The summed E-state index contributed by atoms with van der Waals surface area (Å²) in [5.41, 5.74) is 9.13. The second kappa shape index (κ2) is 10.5. The van der Waals surface area contributed by atoms with Gasteiger partial charge in [-0.05, 0) is 54.8 Å². The van der Waals surface area contributed by atoms with Crippen molar-refractivity contribution in [1.82, 2.24) is 0 Å². The highest BCUT2D eigenvalue weighted by molar-refractivity contribution is 5.99. The first-order valence-corrected chi connectivity index (χ1v) is 11.2. The fourth-order valence-corrected chi connectivity index (χ4v) is 3.96. The van der Waals surface area contributed by atoms with Gasteiger partial charge in [-0.25, -0.2) is 0 Å². The highest BCUT2D eigenvalue weighted by Gasteiger charge is 2.22. The van der Waals surface area contributed by atoms with Crippen LogP contribution in [-0.4, -0.2) is 29.4 Å². The van der Waals surface area contributed by atoms with Crippen molar-refractivity contribution in [3.05, 3.63) is 90.0 Å².